The zero-order valence-corrected chi connectivity index (χ0v) is 12.1. The molecule has 0 fully saturated rings. The second kappa shape index (κ2) is 4.98. The molecule has 0 atom stereocenters. The number of Topliss-reactive ketones (excluding diaryl/α,β-unsaturated/α-hetero) is 2. The maximum Gasteiger partial charge on any atom is 0.232 e. The standard InChI is InChI=1S/C15H14O4S/c1-8(2)20-9-3-4-10-11(7-9)13(17)15-14(12(10)16)18-5-6-19-15/h3-4,7-8H,5-6H2,1-2H3. The molecule has 104 valence electrons. The number of ketones is 2. The van der Waals surface area contributed by atoms with Crippen molar-refractivity contribution in [2.45, 2.75) is 24.0 Å². The molecule has 0 aromatic heterocycles. The lowest BCUT2D eigenvalue weighted by atomic mass is 9.92. The van der Waals surface area contributed by atoms with E-state index in [4.69, 9.17) is 9.47 Å². The van der Waals surface area contributed by atoms with Crippen molar-refractivity contribution < 1.29 is 19.1 Å². The summed E-state index contributed by atoms with van der Waals surface area (Å²) >= 11 is 1.65. The molecule has 0 radical (unpaired) electrons. The minimum Gasteiger partial charge on any atom is -0.483 e. The molecule has 20 heavy (non-hydrogen) atoms. The van der Waals surface area contributed by atoms with Gasteiger partial charge in [0.15, 0.2) is 0 Å². The Kier molecular flexibility index (Phi) is 3.30. The van der Waals surface area contributed by atoms with E-state index >= 15 is 0 Å². The van der Waals surface area contributed by atoms with Crippen LogP contribution in [0, 0.1) is 0 Å². The van der Waals surface area contributed by atoms with Crippen LogP contribution in [0.4, 0.5) is 0 Å². The van der Waals surface area contributed by atoms with Gasteiger partial charge in [0.1, 0.15) is 13.2 Å². The first-order valence-corrected chi connectivity index (χ1v) is 7.36. The third-order valence-electron chi connectivity index (χ3n) is 3.05. The Labute approximate surface area is 121 Å². The van der Waals surface area contributed by atoms with Gasteiger partial charge in [0, 0.05) is 21.3 Å². The number of rotatable bonds is 2. The number of benzene rings is 1. The number of thioether (sulfide) groups is 1. The van der Waals surface area contributed by atoms with E-state index in [1.54, 1.807) is 23.9 Å². The predicted molar refractivity (Wildman–Crippen MR) is 75.0 cm³/mol. The van der Waals surface area contributed by atoms with Crippen LogP contribution >= 0.6 is 11.8 Å². The summed E-state index contributed by atoms with van der Waals surface area (Å²) in [5.41, 5.74) is 0.803. The van der Waals surface area contributed by atoms with Crippen LogP contribution in [0.25, 0.3) is 0 Å². The predicted octanol–water partition coefficient (Wildman–Crippen LogP) is 2.82. The largest absolute Gasteiger partial charge is 0.483 e. The molecule has 1 aromatic rings. The van der Waals surface area contributed by atoms with E-state index in [1.165, 1.54) is 0 Å². The van der Waals surface area contributed by atoms with Crippen molar-refractivity contribution in [3.05, 3.63) is 40.8 Å². The van der Waals surface area contributed by atoms with Crippen LogP contribution in [-0.4, -0.2) is 30.0 Å². The third kappa shape index (κ3) is 2.12. The van der Waals surface area contributed by atoms with Crippen molar-refractivity contribution in [2.75, 3.05) is 13.2 Å². The Morgan fingerprint density at radius 2 is 1.60 bits per heavy atom. The van der Waals surface area contributed by atoms with Crippen molar-refractivity contribution in [3.8, 4) is 0 Å². The summed E-state index contributed by atoms with van der Waals surface area (Å²) < 4.78 is 10.6. The van der Waals surface area contributed by atoms with Crippen LogP contribution < -0.4 is 0 Å². The van der Waals surface area contributed by atoms with Crippen LogP contribution in [0.5, 0.6) is 0 Å². The summed E-state index contributed by atoms with van der Waals surface area (Å²) in [6.45, 7) is 4.76. The zero-order valence-electron chi connectivity index (χ0n) is 11.3. The molecule has 1 aliphatic carbocycles. The van der Waals surface area contributed by atoms with Gasteiger partial charge in [-0.25, -0.2) is 0 Å². The maximum absolute atomic E-state index is 12.4. The van der Waals surface area contributed by atoms with Gasteiger partial charge in [-0.3, -0.25) is 9.59 Å². The Balaban J connectivity index is 2.06. The summed E-state index contributed by atoms with van der Waals surface area (Å²) in [6, 6.07) is 5.33. The molecule has 0 spiro atoms. The molecule has 3 rings (SSSR count). The van der Waals surface area contributed by atoms with Crippen molar-refractivity contribution in [2.24, 2.45) is 0 Å². The minimum absolute atomic E-state index is 0.0537. The molecular formula is C15H14O4S. The van der Waals surface area contributed by atoms with E-state index in [2.05, 4.69) is 13.8 Å². The van der Waals surface area contributed by atoms with E-state index in [0.29, 0.717) is 29.6 Å². The molecule has 0 amide bonds. The summed E-state index contributed by atoms with van der Waals surface area (Å²) in [5.74, 6) is -0.422. The normalized spacial score (nSPS) is 17.6. The quantitative estimate of drug-likeness (QED) is 0.784. The molecule has 0 N–H and O–H groups in total. The van der Waals surface area contributed by atoms with E-state index in [0.717, 1.165) is 4.90 Å². The van der Waals surface area contributed by atoms with Crippen LogP contribution in [0.1, 0.15) is 34.6 Å². The monoisotopic (exact) mass is 290 g/mol. The Morgan fingerprint density at radius 1 is 1.00 bits per heavy atom. The fourth-order valence-corrected chi connectivity index (χ4v) is 3.13. The smallest absolute Gasteiger partial charge is 0.232 e. The maximum atomic E-state index is 12.4. The first kappa shape index (κ1) is 13.2. The van der Waals surface area contributed by atoms with Crippen molar-refractivity contribution in [1.29, 1.82) is 0 Å². The van der Waals surface area contributed by atoms with Gasteiger partial charge in [-0.2, -0.15) is 0 Å². The SMILES string of the molecule is CC(C)Sc1ccc2c(c1)C(=O)C1=C(OCCO1)C2=O. The van der Waals surface area contributed by atoms with Crippen LogP contribution in [-0.2, 0) is 9.47 Å². The first-order chi connectivity index (χ1) is 9.58. The van der Waals surface area contributed by atoms with Crippen molar-refractivity contribution >= 4 is 23.3 Å². The van der Waals surface area contributed by atoms with E-state index < -0.39 is 0 Å². The van der Waals surface area contributed by atoms with Gasteiger partial charge in [0.2, 0.25) is 23.1 Å². The second-order valence-corrected chi connectivity index (χ2v) is 6.54. The van der Waals surface area contributed by atoms with Crippen LogP contribution in [0.3, 0.4) is 0 Å². The summed E-state index contributed by atoms with van der Waals surface area (Å²) in [5, 5.41) is 0.409. The molecule has 0 unspecified atom stereocenters. The Bertz CT molecular complexity index is 631. The molecule has 4 nitrogen and oxygen atoms in total. The van der Waals surface area contributed by atoms with Gasteiger partial charge in [0.05, 0.1) is 0 Å². The first-order valence-electron chi connectivity index (χ1n) is 6.48. The number of hydrogen-bond donors (Lipinski definition) is 0. The van der Waals surface area contributed by atoms with Crippen LogP contribution in [0.15, 0.2) is 34.6 Å². The topological polar surface area (TPSA) is 52.6 Å². The van der Waals surface area contributed by atoms with Gasteiger partial charge in [-0.05, 0) is 18.2 Å². The Hall–Kier alpha value is -1.75. The number of carbonyl (C=O) groups excluding carboxylic acids is 2. The number of allylic oxidation sites excluding steroid dienone is 2. The fourth-order valence-electron chi connectivity index (χ4n) is 2.26. The summed E-state index contributed by atoms with van der Waals surface area (Å²) in [4.78, 5) is 25.7. The number of fused-ring (bicyclic) bond motifs is 1. The third-order valence-corrected chi connectivity index (χ3v) is 4.04. The molecule has 2 aliphatic rings. The fraction of sp³-hybridized carbons (Fsp3) is 0.333. The zero-order chi connectivity index (χ0) is 14.3. The number of ether oxygens (including phenoxy) is 2. The van der Waals surface area contributed by atoms with Gasteiger partial charge in [0.25, 0.3) is 0 Å². The highest BCUT2D eigenvalue weighted by Gasteiger charge is 2.37. The molecule has 0 saturated heterocycles. The molecule has 0 saturated carbocycles. The number of hydrogen-bond acceptors (Lipinski definition) is 5. The molecular weight excluding hydrogens is 276 g/mol. The summed E-state index contributed by atoms with van der Waals surface area (Å²) in [7, 11) is 0. The van der Waals surface area contributed by atoms with E-state index in [-0.39, 0.29) is 23.1 Å². The minimum atomic E-state index is -0.268. The highest BCUT2D eigenvalue weighted by molar-refractivity contribution is 7.99. The lowest BCUT2D eigenvalue weighted by Gasteiger charge is -2.25. The van der Waals surface area contributed by atoms with Gasteiger partial charge in [-0.1, -0.05) is 13.8 Å². The van der Waals surface area contributed by atoms with E-state index in [1.807, 2.05) is 6.07 Å². The van der Waals surface area contributed by atoms with Gasteiger partial charge < -0.3 is 9.47 Å². The molecule has 1 aromatic carbocycles. The summed E-state index contributed by atoms with van der Waals surface area (Å²) in [6.07, 6.45) is 0. The van der Waals surface area contributed by atoms with Gasteiger partial charge >= 0.3 is 0 Å². The highest BCUT2D eigenvalue weighted by Crippen LogP contribution is 2.33. The molecule has 5 heteroatoms. The lowest BCUT2D eigenvalue weighted by molar-refractivity contribution is 0.0436. The number of carbonyl (C=O) groups is 2. The van der Waals surface area contributed by atoms with Crippen molar-refractivity contribution in [3.63, 3.8) is 0 Å². The second-order valence-electron chi connectivity index (χ2n) is 4.89. The average molecular weight is 290 g/mol. The van der Waals surface area contributed by atoms with Crippen molar-refractivity contribution in [1.82, 2.24) is 0 Å². The van der Waals surface area contributed by atoms with Gasteiger partial charge in [-0.15, -0.1) is 11.8 Å². The molecule has 1 aliphatic heterocycles. The van der Waals surface area contributed by atoms with Crippen LogP contribution in [0.2, 0.25) is 0 Å². The highest BCUT2D eigenvalue weighted by atomic mass is 32.2. The molecule has 0 bridgehead atoms. The average Bonchev–Trinajstić information content (AvgIpc) is 2.44. The van der Waals surface area contributed by atoms with E-state index in [9.17, 15) is 9.59 Å². The molecule has 1 heterocycles. The Morgan fingerprint density at radius 3 is 2.20 bits per heavy atom. The lowest BCUT2D eigenvalue weighted by Crippen LogP contribution is -2.29.